The summed E-state index contributed by atoms with van der Waals surface area (Å²) in [4.78, 5) is 23.0. The number of benzene rings is 3. The summed E-state index contributed by atoms with van der Waals surface area (Å²) in [6.07, 6.45) is -6.03. The molecule has 0 aliphatic rings. The predicted octanol–water partition coefficient (Wildman–Crippen LogP) is 8.06. The van der Waals surface area contributed by atoms with Gasteiger partial charge in [0, 0.05) is 18.5 Å². The largest absolute Gasteiger partial charge is 0.486 e. The first-order valence-electron chi connectivity index (χ1n) is 13.0. The van der Waals surface area contributed by atoms with Gasteiger partial charge in [0.05, 0.1) is 6.42 Å². The maximum Gasteiger partial charge on any atom is 0.389 e. The van der Waals surface area contributed by atoms with Crippen LogP contribution in [0.1, 0.15) is 71.3 Å². The minimum absolute atomic E-state index is 0.00810. The summed E-state index contributed by atoms with van der Waals surface area (Å²) in [5.41, 5.74) is 7.05. The van der Waals surface area contributed by atoms with Crippen molar-refractivity contribution in [2.45, 2.75) is 58.7 Å². The maximum atomic E-state index is 12.9. The Bertz CT molecular complexity index is 1320. The fourth-order valence-electron chi connectivity index (χ4n) is 4.55. The zero-order valence-electron chi connectivity index (χ0n) is 22.9. The molecule has 1 unspecified atom stereocenters. The second-order valence-electron chi connectivity index (χ2n) is 9.93. The van der Waals surface area contributed by atoms with Crippen LogP contribution in [0, 0.1) is 13.8 Å². The molecular formula is C32H34F3NO4. The number of carbonyl (C=O) groups excluding carboxylic acids is 1. The van der Waals surface area contributed by atoms with Gasteiger partial charge >= 0.3 is 12.1 Å². The first kappa shape index (κ1) is 30.5. The second kappa shape index (κ2) is 13.3. The van der Waals surface area contributed by atoms with Crippen LogP contribution in [-0.2, 0) is 4.79 Å². The number of nitrogens with one attached hydrogen (secondary N) is 1. The highest BCUT2D eigenvalue weighted by molar-refractivity contribution is 5.94. The third kappa shape index (κ3) is 8.73. The fourth-order valence-corrected chi connectivity index (χ4v) is 4.55. The van der Waals surface area contributed by atoms with E-state index in [1.54, 1.807) is 24.3 Å². The normalized spacial score (nSPS) is 12.1. The van der Waals surface area contributed by atoms with E-state index in [9.17, 15) is 22.8 Å². The van der Waals surface area contributed by atoms with E-state index < -0.39 is 30.6 Å². The Morgan fingerprint density at radius 1 is 0.975 bits per heavy atom. The molecule has 1 atom stereocenters. The number of carboxylic acids is 1. The summed E-state index contributed by atoms with van der Waals surface area (Å²) < 4.78 is 44.9. The molecule has 0 fully saturated rings. The number of hydrogen-bond acceptors (Lipinski definition) is 3. The molecular weight excluding hydrogens is 519 g/mol. The molecule has 0 heterocycles. The molecule has 2 N–H and O–H groups in total. The lowest BCUT2D eigenvalue weighted by Crippen LogP contribution is -2.26. The molecule has 3 aromatic carbocycles. The number of alkyl halides is 3. The van der Waals surface area contributed by atoms with Crippen LogP contribution >= 0.6 is 0 Å². The molecule has 212 valence electrons. The van der Waals surface area contributed by atoms with E-state index in [4.69, 9.17) is 9.84 Å². The summed E-state index contributed by atoms with van der Waals surface area (Å²) in [6, 6.07) is 18.3. The quantitative estimate of drug-likeness (QED) is 0.238. The molecule has 3 aromatic rings. The van der Waals surface area contributed by atoms with Crippen LogP contribution in [0.2, 0.25) is 0 Å². The maximum absolute atomic E-state index is 12.9. The van der Waals surface area contributed by atoms with Crippen molar-refractivity contribution in [3.8, 4) is 16.9 Å². The molecule has 1 amide bonds. The van der Waals surface area contributed by atoms with Crippen molar-refractivity contribution in [3.05, 3.63) is 95.1 Å². The zero-order valence-corrected chi connectivity index (χ0v) is 22.9. The van der Waals surface area contributed by atoms with Gasteiger partial charge in [-0.15, -0.1) is 0 Å². The molecule has 0 aromatic heterocycles. The lowest BCUT2D eigenvalue weighted by atomic mass is 9.94. The van der Waals surface area contributed by atoms with Crippen LogP contribution in [0.15, 0.2) is 67.2 Å². The monoisotopic (exact) mass is 553 g/mol. The summed E-state index contributed by atoms with van der Waals surface area (Å²) in [5.74, 6) is -0.904. The summed E-state index contributed by atoms with van der Waals surface area (Å²) >= 11 is 0. The number of carbonyl (C=O) groups is 2. The number of halogens is 3. The molecule has 0 spiro atoms. The van der Waals surface area contributed by atoms with Crippen molar-refractivity contribution >= 4 is 17.4 Å². The van der Waals surface area contributed by atoms with Gasteiger partial charge in [-0.1, -0.05) is 48.6 Å². The molecule has 0 saturated carbocycles. The van der Waals surface area contributed by atoms with Crippen LogP contribution in [0.25, 0.3) is 16.7 Å². The molecule has 8 heteroatoms. The molecule has 0 radical (unpaired) electrons. The third-order valence-electron chi connectivity index (χ3n) is 6.55. The van der Waals surface area contributed by atoms with Gasteiger partial charge in [-0.2, -0.15) is 13.2 Å². The van der Waals surface area contributed by atoms with E-state index >= 15 is 0 Å². The Hall–Kier alpha value is -4.07. The average molecular weight is 554 g/mol. The summed E-state index contributed by atoms with van der Waals surface area (Å²) in [5, 5.41) is 11.3. The predicted molar refractivity (Wildman–Crippen MR) is 150 cm³/mol. The minimum Gasteiger partial charge on any atom is -0.486 e. The fraction of sp³-hybridized carbons (Fsp3) is 0.312. The smallest absolute Gasteiger partial charge is 0.389 e. The van der Waals surface area contributed by atoms with Crippen molar-refractivity contribution in [1.29, 1.82) is 0 Å². The number of aliphatic carboxylic acids is 1. The topological polar surface area (TPSA) is 75.6 Å². The lowest BCUT2D eigenvalue weighted by molar-refractivity contribution is -0.137. The number of hydrogen-bond donors (Lipinski definition) is 2. The van der Waals surface area contributed by atoms with E-state index in [2.05, 4.69) is 11.9 Å². The van der Waals surface area contributed by atoms with Crippen molar-refractivity contribution in [1.82, 2.24) is 5.32 Å². The van der Waals surface area contributed by atoms with Crippen molar-refractivity contribution in [2.24, 2.45) is 0 Å². The van der Waals surface area contributed by atoms with Crippen LogP contribution in [0.4, 0.5) is 13.2 Å². The molecule has 0 aliphatic carbocycles. The standard InChI is InChI=1S/C32H34F3NO4/c1-20(2)23-7-11-25(12-8-23)30-21(3)18-27(19-22(30)4)40-28(6-5-16-32(33,34)35)24-9-13-26(14-10-24)31(39)36-17-15-29(37)38/h7-14,18-19,28H,1,5-6,15-17H2,2-4H3,(H,36,39)(H,37,38). The Morgan fingerprint density at radius 2 is 1.55 bits per heavy atom. The van der Waals surface area contributed by atoms with Gasteiger partial charge in [-0.3, -0.25) is 9.59 Å². The van der Waals surface area contributed by atoms with E-state index in [1.807, 2.05) is 57.2 Å². The second-order valence-corrected chi connectivity index (χ2v) is 9.93. The summed E-state index contributed by atoms with van der Waals surface area (Å²) in [7, 11) is 0. The highest BCUT2D eigenvalue weighted by atomic mass is 19.4. The molecule has 3 rings (SSSR count). The average Bonchev–Trinajstić information content (AvgIpc) is 2.87. The number of aryl methyl sites for hydroxylation is 2. The molecule has 0 saturated heterocycles. The Labute approximate surface area is 232 Å². The van der Waals surface area contributed by atoms with Crippen LogP contribution in [0.3, 0.4) is 0 Å². The molecule has 0 aliphatic heterocycles. The van der Waals surface area contributed by atoms with Crippen LogP contribution in [-0.4, -0.2) is 29.7 Å². The van der Waals surface area contributed by atoms with Gasteiger partial charge in [0.2, 0.25) is 0 Å². The number of carboxylic acid groups (broad SMARTS) is 1. The minimum atomic E-state index is -4.27. The van der Waals surface area contributed by atoms with Crippen molar-refractivity contribution in [2.75, 3.05) is 6.54 Å². The zero-order chi connectivity index (χ0) is 29.4. The van der Waals surface area contributed by atoms with E-state index in [0.717, 1.165) is 33.4 Å². The third-order valence-corrected chi connectivity index (χ3v) is 6.55. The first-order chi connectivity index (χ1) is 18.8. The Morgan fingerprint density at radius 3 is 2.08 bits per heavy atom. The van der Waals surface area contributed by atoms with Gasteiger partial charge in [0.15, 0.2) is 0 Å². The Balaban J connectivity index is 1.82. The van der Waals surface area contributed by atoms with Gasteiger partial charge < -0.3 is 15.2 Å². The summed E-state index contributed by atoms with van der Waals surface area (Å²) in [6.45, 7) is 9.86. The highest BCUT2D eigenvalue weighted by Gasteiger charge is 2.27. The lowest BCUT2D eigenvalue weighted by Gasteiger charge is -2.22. The van der Waals surface area contributed by atoms with Crippen molar-refractivity contribution < 1.29 is 32.6 Å². The van der Waals surface area contributed by atoms with E-state index in [0.29, 0.717) is 16.9 Å². The highest BCUT2D eigenvalue weighted by Crippen LogP contribution is 2.35. The molecule has 40 heavy (non-hydrogen) atoms. The van der Waals surface area contributed by atoms with Gasteiger partial charge in [-0.25, -0.2) is 0 Å². The number of rotatable bonds is 12. The molecule has 5 nitrogen and oxygen atoms in total. The van der Waals surface area contributed by atoms with Crippen LogP contribution < -0.4 is 10.1 Å². The van der Waals surface area contributed by atoms with Crippen LogP contribution in [0.5, 0.6) is 5.75 Å². The van der Waals surface area contributed by atoms with Gasteiger partial charge in [0.25, 0.3) is 5.91 Å². The Kier molecular flexibility index (Phi) is 10.2. The SMILES string of the molecule is C=C(C)c1ccc(-c2c(C)cc(OC(CCCC(F)(F)F)c3ccc(C(=O)NCCC(=O)O)cc3)cc2C)cc1. The van der Waals surface area contributed by atoms with E-state index in [1.165, 1.54) is 0 Å². The number of ether oxygens (including phenoxy) is 1. The van der Waals surface area contributed by atoms with Gasteiger partial charge in [-0.05, 0) is 91.3 Å². The van der Waals surface area contributed by atoms with Crippen molar-refractivity contribution in [3.63, 3.8) is 0 Å². The number of allylic oxidation sites excluding steroid dienone is 1. The number of amides is 1. The first-order valence-corrected chi connectivity index (χ1v) is 13.0. The van der Waals surface area contributed by atoms with E-state index in [-0.39, 0.29) is 25.8 Å². The molecule has 0 bridgehead atoms. The van der Waals surface area contributed by atoms with Gasteiger partial charge in [0.1, 0.15) is 11.9 Å².